The van der Waals surface area contributed by atoms with Crippen molar-refractivity contribution in [1.29, 1.82) is 0 Å². The topological polar surface area (TPSA) is 63.6 Å². The molecule has 0 fully saturated rings. The second kappa shape index (κ2) is 4.78. The molecule has 0 aliphatic carbocycles. The summed E-state index contributed by atoms with van der Waals surface area (Å²) in [5.41, 5.74) is 1.14. The van der Waals surface area contributed by atoms with Crippen LogP contribution in [0.3, 0.4) is 0 Å². The van der Waals surface area contributed by atoms with Gasteiger partial charge in [-0.1, -0.05) is 11.6 Å². The number of aliphatic carboxylic acids is 1. The minimum absolute atomic E-state index is 0.332. The van der Waals surface area contributed by atoms with Crippen molar-refractivity contribution in [2.75, 3.05) is 0 Å². The molecule has 22 heavy (non-hydrogen) atoms. The highest BCUT2D eigenvalue weighted by Crippen LogP contribution is 2.41. The maximum atomic E-state index is 11.5. The minimum atomic E-state index is -0.917. The van der Waals surface area contributed by atoms with E-state index in [4.69, 9.17) is 20.4 Å². The van der Waals surface area contributed by atoms with Gasteiger partial charge in [0.2, 0.25) is 0 Å². The highest BCUT2D eigenvalue weighted by Gasteiger charge is 2.31. The first kappa shape index (κ1) is 15.0. The van der Waals surface area contributed by atoms with Crippen LogP contribution < -0.4 is 0 Å². The van der Waals surface area contributed by atoms with Crippen molar-refractivity contribution in [3.05, 3.63) is 34.2 Å². The van der Waals surface area contributed by atoms with E-state index in [1.807, 2.05) is 26.0 Å². The van der Waals surface area contributed by atoms with Crippen molar-refractivity contribution in [2.45, 2.75) is 34.1 Å². The Morgan fingerprint density at radius 3 is 2.27 bits per heavy atom. The van der Waals surface area contributed by atoms with Crippen LogP contribution in [0.15, 0.2) is 21.0 Å². The Balaban J connectivity index is 2.38. The molecule has 0 saturated carbocycles. The molecule has 2 aromatic heterocycles. The third-order valence-corrected chi connectivity index (χ3v) is 4.32. The summed E-state index contributed by atoms with van der Waals surface area (Å²) in [6.45, 7) is 7.08. The number of halogens is 1. The Labute approximate surface area is 132 Å². The molecule has 0 aliphatic rings. The van der Waals surface area contributed by atoms with Crippen LogP contribution in [0.25, 0.3) is 21.9 Å². The highest BCUT2D eigenvalue weighted by molar-refractivity contribution is 6.40. The number of rotatable bonds is 3. The first-order chi connectivity index (χ1) is 10.2. The largest absolute Gasteiger partial charge is 0.481 e. The summed E-state index contributed by atoms with van der Waals surface area (Å²) >= 11 is 6.44. The zero-order valence-corrected chi connectivity index (χ0v) is 13.7. The lowest BCUT2D eigenvalue weighted by atomic mass is 9.84. The molecule has 0 unspecified atom stereocenters. The maximum Gasteiger partial charge on any atom is 0.309 e. The van der Waals surface area contributed by atoms with Gasteiger partial charge in [0.1, 0.15) is 17.1 Å². The predicted octanol–water partition coefficient (Wildman–Crippen LogP) is 5.10. The van der Waals surface area contributed by atoms with Gasteiger partial charge in [-0.3, -0.25) is 4.79 Å². The van der Waals surface area contributed by atoms with Gasteiger partial charge in [0.05, 0.1) is 10.4 Å². The molecule has 0 radical (unpaired) electrons. The number of carbonyl (C=O) groups is 1. The fraction of sp³-hybridized carbons (Fsp3) is 0.353. The van der Waals surface area contributed by atoms with Gasteiger partial charge >= 0.3 is 5.97 Å². The molecule has 5 heteroatoms. The zero-order chi connectivity index (χ0) is 16.2. The molecule has 1 N–H and O–H groups in total. The van der Waals surface area contributed by atoms with Gasteiger partial charge in [-0.2, -0.15) is 0 Å². The van der Waals surface area contributed by atoms with E-state index in [1.165, 1.54) is 0 Å². The van der Waals surface area contributed by atoms with Crippen LogP contribution in [-0.2, 0) is 11.2 Å². The molecule has 1 aromatic carbocycles. The summed E-state index contributed by atoms with van der Waals surface area (Å²) in [4.78, 5) is 11.5. The predicted molar refractivity (Wildman–Crippen MR) is 85.6 cm³/mol. The number of aryl methyl sites for hydroxylation is 2. The monoisotopic (exact) mass is 320 g/mol. The van der Waals surface area contributed by atoms with Crippen molar-refractivity contribution in [3.8, 4) is 0 Å². The molecule has 0 saturated heterocycles. The van der Waals surface area contributed by atoms with Crippen molar-refractivity contribution in [2.24, 2.45) is 5.41 Å². The van der Waals surface area contributed by atoms with Crippen LogP contribution in [-0.4, -0.2) is 11.1 Å². The van der Waals surface area contributed by atoms with E-state index in [0.717, 1.165) is 27.9 Å². The number of hydrogen-bond donors (Lipinski definition) is 1. The van der Waals surface area contributed by atoms with Gasteiger partial charge in [-0.05, 0) is 46.2 Å². The molecule has 3 rings (SSSR count). The smallest absolute Gasteiger partial charge is 0.309 e. The average Bonchev–Trinajstić information content (AvgIpc) is 2.97. The molecule has 0 aliphatic heterocycles. The number of benzene rings is 1. The minimum Gasteiger partial charge on any atom is -0.481 e. The Morgan fingerprint density at radius 1 is 1.14 bits per heavy atom. The van der Waals surface area contributed by atoms with E-state index in [1.54, 1.807) is 13.8 Å². The molecule has 0 bridgehead atoms. The Hall–Kier alpha value is -1.94. The van der Waals surface area contributed by atoms with E-state index >= 15 is 0 Å². The Bertz CT molecular complexity index is 841. The molecule has 2 heterocycles. The normalized spacial score (nSPS) is 12.4. The van der Waals surface area contributed by atoms with E-state index in [-0.39, 0.29) is 0 Å². The van der Waals surface area contributed by atoms with E-state index < -0.39 is 11.4 Å². The molecular weight excluding hydrogens is 304 g/mol. The molecule has 116 valence electrons. The summed E-state index contributed by atoms with van der Waals surface area (Å²) in [6.07, 6.45) is 0.332. The van der Waals surface area contributed by atoms with Crippen molar-refractivity contribution >= 4 is 39.5 Å². The first-order valence-corrected chi connectivity index (χ1v) is 7.42. The molecule has 0 amide bonds. The number of carboxylic acid groups (broad SMARTS) is 1. The molecule has 0 atom stereocenters. The lowest BCUT2D eigenvalue weighted by Crippen LogP contribution is -2.26. The molecule has 3 aromatic rings. The van der Waals surface area contributed by atoms with Gasteiger partial charge in [-0.25, -0.2) is 0 Å². The van der Waals surface area contributed by atoms with E-state index in [2.05, 4.69) is 0 Å². The number of furan rings is 2. The van der Waals surface area contributed by atoms with Crippen LogP contribution in [0.1, 0.15) is 30.9 Å². The number of fused-ring (bicyclic) bond motifs is 2. The van der Waals surface area contributed by atoms with E-state index in [9.17, 15) is 9.90 Å². The summed E-state index contributed by atoms with van der Waals surface area (Å²) in [6, 6.07) is 3.73. The van der Waals surface area contributed by atoms with Crippen LogP contribution in [0, 0.1) is 19.3 Å². The molecular formula is C17H17ClO4. The number of hydrogen-bond acceptors (Lipinski definition) is 3. The standard InChI is InChI=1S/C17H17ClO4/c1-8-5-10-12(7-17(3,4)16(19)20)14-11(6-9(2)21-14)13(18)15(10)22-8/h5-6H,7H2,1-4H3,(H,19,20). The van der Waals surface area contributed by atoms with Crippen LogP contribution in [0.2, 0.25) is 5.02 Å². The lowest BCUT2D eigenvalue weighted by Gasteiger charge is -2.19. The second-order valence-electron chi connectivity index (χ2n) is 6.36. The van der Waals surface area contributed by atoms with Gasteiger partial charge in [0.15, 0.2) is 5.58 Å². The van der Waals surface area contributed by atoms with E-state index in [0.29, 0.717) is 22.6 Å². The summed E-state index contributed by atoms with van der Waals surface area (Å²) in [5.74, 6) is 0.610. The van der Waals surface area contributed by atoms with Crippen LogP contribution >= 0.6 is 11.6 Å². The number of carboxylic acids is 1. The fourth-order valence-corrected chi connectivity index (χ4v) is 3.02. The average molecular weight is 321 g/mol. The van der Waals surface area contributed by atoms with Crippen molar-refractivity contribution in [1.82, 2.24) is 0 Å². The Kier molecular flexibility index (Phi) is 3.25. The van der Waals surface area contributed by atoms with Gasteiger partial charge in [0.25, 0.3) is 0 Å². The first-order valence-electron chi connectivity index (χ1n) is 7.05. The van der Waals surface area contributed by atoms with Crippen LogP contribution in [0.4, 0.5) is 0 Å². The summed E-state index contributed by atoms with van der Waals surface area (Å²) < 4.78 is 11.5. The lowest BCUT2D eigenvalue weighted by molar-refractivity contribution is -0.146. The molecule has 4 nitrogen and oxygen atoms in total. The van der Waals surface area contributed by atoms with Gasteiger partial charge < -0.3 is 13.9 Å². The fourth-order valence-electron chi connectivity index (χ4n) is 2.74. The van der Waals surface area contributed by atoms with Crippen molar-refractivity contribution in [3.63, 3.8) is 0 Å². The summed E-state index contributed by atoms with van der Waals surface area (Å²) in [5, 5.41) is 11.5. The quantitative estimate of drug-likeness (QED) is 0.729. The van der Waals surface area contributed by atoms with Gasteiger partial charge in [0, 0.05) is 16.3 Å². The third kappa shape index (κ3) is 2.18. The second-order valence-corrected chi connectivity index (χ2v) is 6.74. The van der Waals surface area contributed by atoms with Crippen LogP contribution in [0.5, 0.6) is 0 Å². The maximum absolute atomic E-state index is 11.5. The zero-order valence-electron chi connectivity index (χ0n) is 12.9. The third-order valence-electron chi connectivity index (χ3n) is 3.94. The summed E-state index contributed by atoms with van der Waals surface area (Å²) in [7, 11) is 0. The van der Waals surface area contributed by atoms with Gasteiger partial charge in [-0.15, -0.1) is 0 Å². The molecule has 0 spiro atoms. The Morgan fingerprint density at radius 2 is 1.68 bits per heavy atom. The highest BCUT2D eigenvalue weighted by atomic mass is 35.5. The van der Waals surface area contributed by atoms with Crippen molar-refractivity contribution < 1.29 is 18.7 Å². The SMILES string of the molecule is Cc1cc2c(CC(C)(C)C(=O)O)c3oc(C)cc3c(Cl)c2o1.